The first-order valence-corrected chi connectivity index (χ1v) is 10.1. The molecule has 0 unspecified atom stereocenters. The molecule has 2 aromatic rings. The molecule has 0 aromatic heterocycles. The van der Waals surface area contributed by atoms with Gasteiger partial charge in [0.15, 0.2) is 0 Å². The summed E-state index contributed by atoms with van der Waals surface area (Å²) in [6.45, 7) is 9.13. The van der Waals surface area contributed by atoms with Crippen LogP contribution in [0.3, 0.4) is 0 Å². The van der Waals surface area contributed by atoms with Gasteiger partial charge in [-0.25, -0.2) is 0 Å². The maximum Gasteiger partial charge on any atom is 0.255 e. The molecule has 27 heavy (non-hydrogen) atoms. The van der Waals surface area contributed by atoms with Crippen LogP contribution in [-0.4, -0.2) is 25.6 Å². The zero-order chi connectivity index (χ0) is 19.5. The average molecular weight is 369 g/mol. The van der Waals surface area contributed by atoms with E-state index in [2.05, 4.69) is 31.0 Å². The van der Waals surface area contributed by atoms with E-state index in [-0.39, 0.29) is 5.91 Å². The highest BCUT2D eigenvalue weighted by Crippen LogP contribution is 2.19. The number of hydrogen-bond acceptors (Lipinski definition) is 3. The van der Waals surface area contributed by atoms with Crippen molar-refractivity contribution in [1.29, 1.82) is 0 Å². The molecule has 146 valence electrons. The Bertz CT molecular complexity index is 677. The van der Waals surface area contributed by atoms with E-state index in [9.17, 15) is 4.79 Å². The summed E-state index contributed by atoms with van der Waals surface area (Å²) in [5, 5.41) is 2.95. The van der Waals surface area contributed by atoms with E-state index in [1.807, 2.05) is 36.4 Å². The monoisotopic (exact) mass is 368 g/mol. The summed E-state index contributed by atoms with van der Waals surface area (Å²) in [5.41, 5.74) is 2.59. The summed E-state index contributed by atoms with van der Waals surface area (Å²) >= 11 is 0. The Labute approximate surface area is 163 Å². The summed E-state index contributed by atoms with van der Waals surface area (Å²) in [6, 6.07) is 15.3. The molecule has 0 aliphatic carbocycles. The fourth-order valence-electron chi connectivity index (χ4n) is 2.97. The zero-order valence-electron chi connectivity index (χ0n) is 16.8. The molecule has 1 N–H and O–H groups in total. The highest BCUT2D eigenvalue weighted by Gasteiger charge is 2.07. The summed E-state index contributed by atoms with van der Waals surface area (Å²) in [7, 11) is 0. The van der Waals surface area contributed by atoms with Crippen molar-refractivity contribution in [2.75, 3.05) is 29.9 Å². The van der Waals surface area contributed by atoms with Crippen LogP contribution >= 0.6 is 0 Å². The number of ether oxygens (including phenoxy) is 1. The summed E-state index contributed by atoms with van der Waals surface area (Å²) in [6.07, 6.45) is 4.74. The molecule has 4 heteroatoms. The van der Waals surface area contributed by atoms with E-state index >= 15 is 0 Å². The maximum atomic E-state index is 12.4. The second kappa shape index (κ2) is 11.3. The van der Waals surface area contributed by atoms with Gasteiger partial charge in [0.1, 0.15) is 5.75 Å². The normalized spacial score (nSPS) is 10.5. The van der Waals surface area contributed by atoms with Crippen LogP contribution in [0.1, 0.15) is 56.8 Å². The Hall–Kier alpha value is -2.49. The van der Waals surface area contributed by atoms with Crippen molar-refractivity contribution in [2.24, 2.45) is 0 Å². The van der Waals surface area contributed by atoms with E-state index in [1.54, 1.807) is 12.1 Å². The minimum absolute atomic E-state index is 0.111. The second-order valence-electron chi connectivity index (χ2n) is 6.61. The van der Waals surface area contributed by atoms with E-state index in [0.29, 0.717) is 5.56 Å². The molecule has 0 fully saturated rings. The first-order chi connectivity index (χ1) is 13.2. The number of rotatable bonds is 11. The van der Waals surface area contributed by atoms with Gasteiger partial charge in [-0.3, -0.25) is 4.79 Å². The maximum absolute atomic E-state index is 12.4. The van der Waals surface area contributed by atoms with Gasteiger partial charge in [0, 0.05) is 30.0 Å². The van der Waals surface area contributed by atoms with Crippen LogP contribution in [0.5, 0.6) is 5.75 Å². The summed E-state index contributed by atoms with van der Waals surface area (Å²) < 4.78 is 5.73. The van der Waals surface area contributed by atoms with Gasteiger partial charge in [0.05, 0.1) is 6.61 Å². The van der Waals surface area contributed by atoms with Crippen LogP contribution in [0.25, 0.3) is 0 Å². The van der Waals surface area contributed by atoms with Crippen LogP contribution in [0, 0.1) is 0 Å². The van der Waals surface area contributed by atoms with Crippen LogP contribution in [-0.2, 0) is 0 Å². The molecule has 0 aliphatic rings. The number of nitrogens with one attached hydrogen (secondary N) is 1. The van der Waals surface area contributed by atoms with Crippen LogP contribution in [0.2, 0.25) is 0 Å². The van der Waals surface area contributed by atoms with Gasteiger partial charge >= 0.3 is 0 Å². The minimum atomic E-state index is -0.111. The standard InChI is InChI=1S/C23H32N2O2/c1-4-7-8-9-18-27-22-16-10-19(11-17-22)23(26)24-20-12-14-21(15-13-20)25(5-2)6-3/h10-17H,4-9,18H2,1-3H3,(H,24,26). The molecule has 1 amide bonds. The molecule has 2 aromatic carbocycles. The lowest BCUT2D eigenvalue weighted by molar-refractivity contribution is 0.102. The van der Waals surface area contributed by atoms with Gasteiger partial charge in [-0.15, -0.1) is 0 Å². The number of anilines is 2. The predicted octanol–water partition coefficient (Wildman–Crippen LogP) is 5.74. The average Bonchev–Trinajstić information content (AvgIpc) is 2.70. The van der Waals surface area contributed by atoms with E-state index in [0.717, 1.165) is 37.6 Å². The van der Waals surface area contributed by atoms with Gasteiger partial charge in [0.2, 0.25) is 0 Å². The van der Waals surface area contributed by atoms with Crippen LogP contribution in [0.15, 0.2) is 48.5 Å². The van der Waals surface area contributed by atoms with Crippen molar-refractivity contribution in [2.45, 2.75) is 46.5 Å². The Morgan fingerprint density at radius 3 is 2.15 bits per heavy atom. The Morgan fingerprint density at radius 2 is 1.56 bits per heavy atom. The number of nitrogens with zero attached hydrogens (tertiary/aromatic N) is 1. The number of carbonyl (C=O) groups is 1. The molecular weight excluding hydrogens is 336 g/mol. The smallest absolute Gasteiger partial charge is 0.255 e. The van der Waals surface area contributed by atoms with Crippen LogP contribution in [0.4, 0.5) is 11.4 Å². The molecule has 0 aliphatic heterocycles. The molecule has 2 rings (SSSR count). The molecule has 0 radical (unpaired) electrons. The number of unbranched alkanes of at least 4 members (excludes halogenated alkanes) is 3. The van der Waals surface area contributed by atoms with Gasteiger partial charge in [-0.1, -0.05) is 26.2 Å². The van der Waals surface area contributed by atoms with Crippen molar-refractivity contribution >= 4 is 17.3 Å². The highest BCUT2D eigenvalue weighted by atomic mass is 16.5. The molecule has 0 spiro atoms. The second-order valence-corrected chi connectivity index (χ2v) is 6.61. The van der Waals surface area contributed by atoms with Crippen molar-refractivity contribution in [3.63, 3.8) is 0 Å². The number of benzene rings is 2. The SMILES string of the molecule is CCCCCCOc1ccc(C(=O)Nc2ccc(N(CC)CC)cc2)cc1. The molecule has 0 atom stereocenters. The lowest BCUT2D eigenvalue weighted by Crippen LogP contribution is -2.21. The van der Waals surface area contributed by atoms with Crippen LogP contribution < -0.4 is 15.0 Å². The quantitative estimate of drug-likeness (QED) is 0.514. The van der Waals surface area contributed by atoms with Gasteiger partial charge in [0.25, 0.3) is 5.91 Å². The minimum Gasteiger partial charge on any atom is -0.494 e. The molecule has 0 saturated heterocycles. The number of carbonyl (C=O) groups excluding carboxylic acids is 1. The van der Waals surface area contributed by atoms with E-state index < -0.39 is 0 Å². The first-order valence-electron chi connectivity index (χ1n) is 10.1. The van der Waals surface area contributed by atoms with E-state index in [4.69, 9.17) is 4.74 Å². The fraction of sp³-hybridized carbons (Fsp3) is 0.435. The Kier molecular flexibility index (Phi) is 8.69. The van der Waals surface area contributed by atoms with Crippen molar-refractivity contribution < 1.29 is 9.53 Å². The molecule has 0 bridgehead atoms. The third-order valence-electron chi connectivity index (χ3n) is 4.64. The molecule has 0 heterocycles. The highest BCUT2D eigenvalue weighted by molar-refractivity contribution is 6.04. The molecule has 0 saturated carbocycles. The van der Waals surface area contributed by atoms with Gasteiger partial charge in [-0.05, 0) is 68.8 Å². The first kappa shape index (κ1) is 20.8. The lowest BCUT2D eigenvalue weighted by Gasteiger charge is -2.21. The van der Waals surface area contributed by atoms with Gasteiger partial charge < -0.3 is 15.0 Å². The number of hydrogen-bond donors (Lipinski definition) is 1. The fourth-order valence-corrected chi connectivity index (χ4v) is 2.97. The summed E-state index contributed by atoms with van der Waals surface area (Å²) in [4.78, 5) is 14.7. The van der Waals surface area contributed by atoms with Crippen molar-refractivity contribution in [1.82, 2.24) is 0 Å². The largest absolute Gasteiger partial charge is 0.494 e. The topological polar surface area (TPSA) is 41.6 Å². The molecule has 4 nitrogen and oxygen atoms in total. The third kappa shape index (κ3) is 6.63. The van der Waals surface area contributed by atoms with Crippen molar-refractivity contribution in [3.8, 4) is 5.75 Å². The Morgan fingerprint density at radius 1 is 0.889 bits per heavy atom. The van der Waals surface area contributed by atoms with Gasteiger partial charge in [-0.2, -0.15) is 0 Å². The predicted molar refractivity (Wildman–Crippen MR) is 114 cm³/mol. The van der Waals surface area contributed by atoms with Crippen molar-refractivity contribution in [3.05, 3.63) is 54.1 Å². The summed E-state index contributed by atoms with van der Waals surface area (Å²) in [5.74, 6) is 0.701. The third-order valence-corrected chi connectivity index (χ3v) is 4.64. The Balaban J connectivity index is 1.86. The lowest BCUT2D eigenvalue weighted by atomic mass is 10.2. The van der Waals surface area contributed by atoms with E-state index in [1.165, 1.54) is 24.9 Å². The zero-order valence-corrected chi connectivity index (χ0v) is 16.8. The molecular formula is C23H32N2O2. The number of amides is 1.